The fraction of sp³-hybridized carbons (Fsp3) is 0.688. The Morgan fingerprint density at radius 2 is 1.27 bits per heavy atom. The third-order valence-electron chi connectivity index (χ3n) is 3.44. The van der Waals surface area contributed by atoms with E-state index in [1.54, 1.807) is 0 Å². The second-order valence-corrected chi connectivity index (χ2v) is 8.29. The van der Waals surface area contributed by atoms with Crippen molar-refractivity contribution in [3.8, 4) is 0 Å². The van der Waals surface area contributed by atoms with Crippen LogP contribution in [0.4, 0.5) is 0 Å². The lowest BCUT2D eigenvalue weighted by Crippen LogP contribution is -2.63. The fourth-order valence-electron chi connectivity index (χ4n) is 2.47. The van der Waals surface area contributed by atoms with Gasteiger partial charge in [-0.25, -0.2) is 0 Å². The molecule has 0 radical (unpaired) electrons. The summed E-state index contributed by atoms with van der Waals surface area (Å²) in [4.78, 5) is 46.1. The first kappa shape index (κ1) is 26.2. The summed E-state index contributed by atoms with van der Waals surface area (Å²) in [7, 11) is 0. The molecule has 1 saturated heterocycles. The van der Waals surface area contributed by atoms with Crippen LogP contribution < -0.4 is 0 Å². The zero-order valence-electron chi connectivity index (χ0n) is 16.3. The lowest BCUT2D eigenvalue weighted by atomic mass is 9.98. The van der Waals surface area contributed by atoms with Crippen LogP contribution in [0.15, 0.2) is 0 Å². The van der Waals surface area contributed by atoms with E-state index in [9.17, 15) is 19.2 Å². The minimum atomic E-state index is -2.29. The Balaban J connectivity index is 3.37. The van der Waals surface area contributed by atoms with Crippen LogP contribution in [0.2, 0.25) is 0 Å². The zero-order valence-corrected chi connectivity index (χ0v) is 18.6. The molecule has 0 saturated carbocycles. The third kappa shape index (κ3) is 8.13. The second-order valence-electron chi connectivity index (χ2n) is 6.01. The van der Waals surface area contributed by atoms with Crippen molar-refractivity contribution in [2.75, 3.05) is 6.61 Å². The van der Waals surface area contributed by atoms with Gasteiger partial charge in [-0.3, -0.25) is 24.6 Å². The first-order valence-corrected chi connectivity index (χ1v) is 9.48. The summed E-state index contributed by atoms with van der Waals surface area (Å²) < 4.78 is 28.9. The number of alkyl halides is 3. The van der Waals surface area contributed by atoms with E-state index in [-0.39, 0.29) is 0 Å². The van der Waals surface area contributed by atoms with E-state index in [2.05, 4.69) is 0 Å². The topological polar surface area (TPSA) is 148 Å². The van der Waals surface area contributed by atoms with Crippen LogP contribution in [0.1, 0.15) is 27.7 Å². The van der Waals surface area contributed by atoms with Crippen molar-refractivity contribution in [2.24, 2.45) is 0 Å². The molecular weight excluding hydrogens is 473 g/mol. The van der Waals surface area contributed by atoms with Crippen molar-refractivity contribution in [2.45, 2.75) is 62.2 Å². The van der Waals surface area contributed by atoms with Crippen LogP contribution in [0.3, 0.4) is 0 Å². The Morgan fingerprint density at radius 3 is 1.70 bits per heavy atom. The highest BCUT2D eigenvalue weighted by Crippen LogP contribution is 2.33. The molecule has 30 heavy (non-hydrogen) atoms. The standard InChI is InChI=1S/C16H20Cl3NO10/c1-6(21)25-5-10-11(26-7(2)22)12(27-8(3)23)13(28-9(4)24)14(29-10)30-15(20)16(17,18)19/h10-14,20H,5H2,1-4H3/t10-,11-,12?,13-,14-/m1/s1. The van der Waals surface area contributed by atoms with Gasteiger partial charge in [-0.1, -0.05) is 34.8 Å². The molecule has 1 rings (SSSR count). The summed E-state index contributed by atoms with van der Waals surface area (Å²) in [6, 6.07) is 0. The maximum Gasteiger partial charge on any atom is 0.303 e. The SMILES string of the molecule is CC(=O)OC[C@H]1O[C@H](OC(=N)C(Cl)(Cl)Cl)[C@H](OC(C)=O)C(OC(C)=O)[C@@H]1OC(C)=O. The first-order chi connectivity index (χ1) is 13.7. The summed E-state index contributed by atoms with van der Waals surface area (Å²) in [5.74, 6) is -4.03. The van der Waals surface area contributed by atoms with Crippen molar-refractivity contribution >= 4 is 64.6 Å². The number of carbonyl (C=O) groups excluding carboxylic acids is 4. The number of carbonyl (C=O) groups is 4. The van der Waals surface area contributed by atoms with Crippen molar-refractivity contribution in [1.29, 1.82) is 5.41 Å². The van der Waals surface area contributed by atoms with E-state index in [0.29, 0.717) is 0 Å². The fourth-order valence-corrected chi connectivity index (χ4v) is 2.60. The van der Waals surface area contributed by atoms with Gasteiger partial charge in [0.05, 0.1) is 0 Å². The van der Waals surface area contributed by atoms with Gasteiger partial charge in [0.25, 0.3) is 3.79 Å². The van der Waals surface area contributed by atoms with Gasteiger partial charge in [0.2, 0.25) is 18.3 Å². The van der Waals surface area contributed by atoms with Crippen molar-refractivity contribution < 1.29 is 47.6 Å². The molecule has 0 bridgehead atoms. The maximum atomic E-state index is 11.7. The van der Waals surface area contributed by atoms with Crippen LogP contribution in [-0.2, 0) is 47.6 Å². The van der Waals surface area contributed by atoms with Crippen molar-refractivity contribution in [1.82, 2.24) is 0 Å². The van der Waals surface area contributed by atoms with Crippen molar-refractivity contribution in [3.63, 3.8) is 0 Å². The number of halogens is 3. The summed E-state index contributed by atoms with van der Waals surface area (Å²) in [5.41, 5.74) is 0. The smallest absolute Gasteiger partial charge is 0.303 e. The molecule has 170 valence electrons. The zero-order chi connectivity index (χ0) is 23.2. The van der Waals surface area contributed by atoms with Crippen LogP contribution in [0.5, 0.6) is 0 Å². The Bertz CT molecular complexity index is 695. The second kappa shape index (κ2) is 11.0. The lowest BCUT2D eigenvalue weighted by Gasteiger charge is -2.44. The van der Waals surface area contributed by atoms with Gasteiger partial charge in [0.1, 0.15) is 12.7 Å². The number of rotatable bonds is 6. The molecule has 1 heterocycles. The van der Waals surface area contributed by atoms with Gasteiger partial charge in [-0.2, -0.15) is 0 Å². The largest absolute Gasteiger partial charge is 0.463 e. The molecule has 1 unspecified atom stereocenters. The number of nitrogens with one attached hydrogen (secondary N) is 1. The molecule has 0 spiro atoms. The third-order valence-corrected chi connectivity index (χ3v) is 3.95. The molecule has 1 aliphatic rings. The van der Waals surface area contributed by atoms with Crippen molar-refractivity contribution in [3.05, 3.63) is 0 Å². The quantitative estimate of drug-likeness (QED) is 0.190. The van der Waals surface area contributed by atoms with E-state index < -0.39 is 70.9 Å². The predicted octanol–water partition coefficient (Wildman–Crippen LogP) is 1.43. The summed E-state index contributed by atoms with van der Waals surface area (Å²) in [5, 5.41) is 7.74. The predicted molar refractivity (Wildman–Crippen MR) is 101 cm³/mol. The Kier molecular flexibility index (Phi) is 9.60. The molecular formula is C16H20Cl3NO10. The highest BCUT2D eigenvalue weighted by molar-refractivity contribution is 6.76. The van der Waals surface area contributed by atoms with E-state index in [1.165, 1.54) is 0 Å². The van der Waals surface area contributed by atoms with Gasteiger partial charge >= 0.3 is 23.9 Å². The van der Waals surface area contributed by atoms with Gasteiger partial charge < -0.3 is 28.4 Å². The molecule has 0 aromatic heterocycles. The minimum absolute atomic E-state index is 0.460. The Labute approximate surface area is 186 Å². The summed E-state index contributed by atoms with van der Waals surface area (Å²) >= 11 is 16.8. The van der Waals surface area contributed by atoms with Crippen LogP contribution in [0, 0.1) is 5.41 Å². The molecule has 0 aromatic rings. The molecule has 1 fully saturated rings. The molecule has 0 aliphatic carbocycles. The molecule has 1 aliphatic heterocycles. The molecule has 11 nitrogen and oxygen atoms in total. The lowest BCUT2D eigenvalue weighted by molar-refractivity contribution is -0.292. The monoisotopic (exact) mass is 491 g/mol. The highest BCUT2D eigenvalue weighted by Gasteiger charge is 2.54. The minimum Gasteiger partial charge on any atom is -0.463 e. The molecule has 14 heteroatoms. The molecule has 0 aromatic carbocycles. The van der Waals surface area contributed by atoms with Crippen LogP contribution >= 0.6 is 34.8 Å². The molecule has 5 atom stereocenters. The van der Waals surface area contributed by atoms with Crippen LogP contribution in [0.25, 0.3) is 0 Å². The average Bonchev–Trinajstić information content (AvgIpc) is 2.56. The average molecular weight is 493 g/mol. The normalized spacial score (nSPS) is 26.2. The number of hydrogen-bond donors (Lipinski definition) is 1. The number of hydrogen-bond acceptors (Lipinski definition) is 11. The summed E-state index contributed by atoms with van der Waals surface area (Å²) in [6.45, 7) is 3.86. The first-order valence-electron chi connectivity index (χ1n) is 8.35. The van der Waals surface area contributed by atoms with E-state index in [1.807, 2.05) is 0 Å². The van der Waals surface area contributed by atoms with E-state index in [4.69, 9.17) is 68.6 Å². The highest BCUT2D eigenvalue weighted by atomic mass is 35.6. The Morgan fingerprint density at radius 1 is 0.800 bits per heavy atom. The van der Waals surface area contributed by atoms with E-state index >= 15 is 0 Å². The number of esters is 4. The van der Waals surface area contributed by atoms with Crippen LogP contribution in [-0.4, -0.2) is 70.9 Å². The Hall–Kier alpha value is -1.82. The van der Waals surface area contributed by atoms with Gasteiger partial charge in [-0.15, -0.1) is 0 Å². The maximum absolute atomic E-state index is 11.7. The molecule has 0 amide bonds. The van der Waals surface area contributed by atoms with E-state index in [0.717, 1.165) is 27.7 Å². The summed E-state index contributed by atoms with van der Waals surface area (Å²) in [6.07, 6.45) is -7.25. The van der Waals surface area contributed by atoms with Gasteiger partial charge in [-0.05, 0) is 0 Å². The van der Waals surface area contributed by atoms with Gasteiger partial charge in [0, 0.05) is 27.7 Å². The molecule has 1 N–H and O–H groups in total. The number of ether oxygens (including phenoxy) is 6. The van der Waals surface area contributed by atoms with Gasteiger partial charge in [0.15, 0.2) is 12.2 Å².